The second kappa shape index (κ2) is 8.32. The van der Waals surface area contributed by atoms with E-state index in [-0.39, 0.29) is 12.1 Å². The third kappa shape index (κ3) is 5.99. The van der Waals surface area contributed by atoms with Crippen LogP contribution < -0.4 is 4.90 Å². The van der Waals surface area contributed by atoms with E-state index >= 15 is 0 Å². The van der Waals surface area contributed by atoms with E-state index < -0.39 is 5.60 Å². The molecule has 0 spiro atoms. The number of amides is 1. The number of hydrogen-bond acceptors (Lipinski definition) is 7. The van der Waals surface area contributed by atoms with Gasteiger partial charge >= 0.3 is 12.1 Å². The average Bonchev–Trinajstić information content (AvgIpc) is 2.85. The summed E-state index contributed by atoms with van der Waals surface area (Å²) in [5.74, 6) is -0.349. The second-order valence-corrected chi connectivity index (χ2v) is 7.43. The van der Waals surface area contributed by atoms with Gasteiger partial charge in [0, 0.05) is 27.2 Å². The molecule has 1 aromatic rings. The molecule has 0 aliphatic heterocycles. The van der Waals surface area contributed by atoms with Crippen LogP contribution in [0.3, 0.4) is 0 Å². The van der Waals surface area contributed by atoms with Crippen molar-refractivity contribution in [1.29, 1.82) is 0 Å². The smallest absolute Gasteiger partial charge is 0.410 e. The predicted molar refractivity (Wildman–Crippen MR) is 94.9 cm³/mol. The molecule has 0 aliphatic rings. The van der Waals surface area contributed by atoms with Crippen LogP contribution in [-0.4, -0.2) is 61.3 Å². The molecule has 0 saturated heterocycles. The Morgan fingerprint density at radius 1 is 1.21 bits per heavy atom. The first-order valence-corrected chi connectivity index (χ1v) is 8.66. The van der Waals surface area contributed by atoms with Gasteiger partial charge in [-0.3, -0.25) is 0 Å². The SMILES string of the molecule is CCOC(=O)c1sc(N(C)CCN(C)C(=O)OC(C)(C)C)nc1C. The average molecular weight is 357 g/mol. The highest BCUT2D eigenvalue weighted by Gasteiger charge is 2.21. The van der Waals surface area contributed by atoms with E-state index in [2.05, 4.69) is 4.98 Å². The number of likely N-dealkylation sites (N-methyl/N-ethyl adjacent to an activating group) is 2. The molecule has 1 heterocycles. The van der Waals surface area contributed by atoms with Crippen molar-refractivity contribution in [3.8, 4) is 0 Å². The Labute approximate surface area is 147 Å². The van der Waals surface area contributed by atoms with Gasteiger partial charge in [-0.2, -0.15) is 0 Å². The quantitative estimate of drug-likeness (QED) is 0.729. The Morgan fingerprint density at radius 3 is 2.38 bits per heavy atom. The lowest BCUT2D eigenvalue weighted by atomic mass is 10.2. The monoisotopic (exact) mass is 357 g/mol. The van der Waals surface area contributed by atoms with Crippen molar-refractivity contribution in [3.63, 3.8) is 0 Å². The van der Waals surface area contributed by atoms with Gasteiger partial charge in [-0.25, -0.2) is 14.6 Å². The highest BCUT2D eigenvalue weighted by Crippen LogP contribution is 2.25. The molecule has 0 aliphatic carbocycles. The van der Waals surface area contributed by atoms with E-state index in [9.17, 15) is 9.59 Å². The minimum absolute atomic E-state index is 0.335. The first-order valence-electron chi connectivity index (χ1n) is 7.85. The van der Waals surface area contributed by atoms with Gasteiger partial charge in [0.15, 0.2) is 5.13 Å². The maximum Gasteiger partial charge on any atom is 0.410 e. The lowest BCUT2D eigenvalue weighted by Crippen LogP contribution is -2.38. The van der Waals surface area contributed by atoms with Crippen molar-refractivity contribution in [2.45, 2.75) is 40.2 Å². The highest BCUT2D eigenvalue weighted by molar-refractivity contribution is 7.17. The van der Waals surface area contributed by atoms with Gasteiger partial charge < -0.3 is 19.3 Å². The van der Waals surface area contributed by atoms with Gasteiger partial charge in [0.1, 0.15) is 10.5 Å². The van der Waals surface area contributed by atoms with Crippen LogP contribution in [0.2, 0.25) is 0 Å². The zero-order chi connectivity index (χ0) is 18.5. The third-order valence-corrected chi connectivity index (χ3v) is 4.30. The summed E-state index contributed by atoms with van der Waals surface area (Å²) in [4.78, 5) is 32.1. The fourth-order valence-corrected chi connectivity index (χ4v) is 2.71. The third-order valence-electron chi connectivity index (χ3n) is 3.05. The first kappa shape index (κ1) is 20.2. The normalized spacial score (nSPS) is 11.1. The number of aryl methyl sites for hydroxylation is 1. The molecule has 1 rings (SSSR count). The molecule has 7 nitrogen and oxygen atoms in total. The minimum atomic E-state index is -0.516. The Kier molecular flexibility index (Phi) is 7.01. The second-order valence-electron chi connectivity index (χ2n) is 6.45. The maximum atomic E-state index is 11.9. The van der Waals surface area contributed by atoms with Gasteiger partial charge in [0.05, 0.1) is 12.3 Å². The van der Waals surface area contributed by atoms with Crippen molar-refractivity contribution in [2.24, 2.45) is 0 Å². The van der Waals surface area contributed by atoms with Crippen LogP contribution in [0.4, 0.5) is 9.93 Å². The van der Waals surface area contributed by atoms with Crippen LogP contribution in [0, 0.1) is 6.92 Å². The number of anilines is 1. The number of thiazole rings is 1. The van der Waals surface area contributed by atoms with Crippen LogP contribution >= 0.6 is 11.3 Å². The number of rotatable bonds is 6. The summed E-state index contributed by atoms with van der Waals surface area (Å²) >= 11 is 1.29. The fourth-order valence-electron chi connectivity index (χ4n) is 1.76. The number of ether oxygens (including phenoxy) is 2. The Hall–Kier alpha value is -1.83. The van der Waals surface area contributed by atoms with Gasteiger partial charge in [-0.05, 0) is 34.6 Å². The lowest BCUT2D eigenvalue weighted by molar-refractivity contribution is 0.0303. The number of hydrogen-bond donors (Lipinski definition) is 0. The van der Waals surface area contributed by atoms with Crippen LogP contribution in [0.25, 0.3) is 0 Å². The van der Waals surface area contributed by atoms with Crippen LogP contribution in [-0.2, 0) is 9.47 Å². The summed E-state index contributed by atoms with van der Waals surface area (Å²) in [6.45, 7) is 10.5. The Balaban J connectivity index is 2.62. The van der Waals surface area contributed by atoms with E-state index in [1.165, 1.54) is 16.2 Å². The zero-order valence-electron chi connectivity index (χ0n) is 15.5. The zero-order valence-corrected chi connectivity index (χ0v) is 16.3. The standard InChI is InChI=1S/C16H27N3O4S/c1-8-22-13(20)12-11(2)17-14(24-12)18(6)9-10-19(7)15(21)23-16(3,4)5/h8-10H2,1-7H3. The number of carbonyl (C=O) groups excluding carboxylic acids is 2. The molecular formula is C16H27N3O4S. The lowest BCUT2D eigenvalue weighted by Gasteiger charge is -2.26. The molecule has 1 aromatic heterocycles. The highest BCUT2D eigenvalue weighted by atomic mass is 32.1. The predicted octanol–water partition coefficient (Wildman–Crippen LogP) is 2.93. The van der Waals surface area contributed by atoms with Crippen molar-refractivity contribution in [3.05, 3.63) is 10.6 Å². The van der Waals surface area contributed by atoms with Crippen molar-refractivity contribution in [2.75, 3.05) is 38.7 Å². The van der Waals surface area contributed by atoms with Crippen LogP contribution in [0.5, 0.6) is 0 Å². The number of esters is 1. The molecule has 0 fully saturated rings. The first-order chi connectivity index (χ1) is 11.0. The van der Waals surface area contributed by atoms with Gasteiger partial charge in [-0.15, -0.1) is 0 Å². The van der Waals surface area contributed by atoms with Crippen LogP contribution in [0.1, 0.15) is 43.1 Å². The molecule has 0 atom stereocenters. The van der Waals surface area contributed by atoms with Crippen molar-refractivity contribution >= 4 is 28.5 Å². The summed E-state index contributed by atoms with van der Waals surface area (Å²) in [7, 11) is 3.56. The fraction of sp³-hybridized carbons (Fsp3) is 0.688. The molecule has 0 unspecified atom stereocenters. The summed E-state index contributed by atoms with van der Waals surface area (Å²) in [6.07, 6.45) is -0.363. The Bertz CT molecular complexity index is 580. The van der Waals surface area contributed by atoms with Gasteiger partial charge in [-0.1, -0.05) is 11.3 Å². The molecule has 0 radical (unpaired) electrons. The summed E-state index contributed by atoms with van der Waals surface area (Å²) in [5.41, 5.74) is 0.138. The molecule has 1 amide bonds. The van der Waals surface area contributed by atoms with Gasteiger partial charge in [0.2, 0.25) is 0 Å². The molecule has 136 valence electrons. The van der Waals surface area contributed by atoms with E-state index in [4.69, 9.17) is 9.47 Å². The van der Waals surface area contributed by atoms with Crippen LogP contribution in [0.15, 0.2) is 0 Å². The van der Waals surface area contributed by atoms with E-state index in [0.29, 0.717) is 35.4 Å². The largest absolute Gasteiger partial charge is 0.462 e. The molecule has 24 heavy (non-hydrogen) atoms. The molecule has 0 aromatic carbocycles. The maximum absolute atomic E-state index is 11.9. The molecule has 0 bridgehead atoms. The summed E-state index contributed by atoms with van der Waals surface area (Å²) in [5, 5.41) is 0.716. The molecule has 8 heteroatoms. The van der Waals surface area contributed by atoms with Crippen molar-refractivity contribution < 1.29 is 19.1 Å². The molecular weight excluding hydrogens is 330 g/mol. The summed E-state index contributed by atoms with van der Waals surface area (Å²) < 4.78 is 10.3. The van der Waals surface area contributed by atoms with E-state index in [1.54, 1.807) is 20.9 Å². The number of carbonyl (C=O) groups is 2. The van der Waals surface area contributed by atoms with E-state index in [1.807, 2.05) is 32.7 Å². The van der Waals surface area contributed by atoms with Gasteiger partial charge in [0.25, 0.3) is 0 Å². The minimum Gasteiger partial charge on any atom is -0.462 e. The number of nitrogens with zero attached hydrogens (tertiary/aromatic N) is 3. The van der Waals surface area contributed by atoms with Crippen molar-refractivity contribution in [1.82, 2.24) is 9.88 Å². The molecule has 0 N–H and O–H groups in total. The molecule has 0 saturated carbocycles. The van der Waals surface area contributed by atoms with E-state index in [0.717, 1.165) is 0 Å². The summed E-state index contributed by atoms with van der Waals surface area (Å²) in [6, 6.07) is 0. The Morgan fingerprint density at radius 2 is 1.83 bits per heavy atom. The topological polar surface area (TPSA) is 72.0 Å². The number of aromatic nitrogens is 1.